The van der Waals surface area contributed by atoms with E-state index in [9.17, 15) is 0 Å². The van der Waals surface area contributed by atoms with Gasteiger partial charge in [-0.2, -0.15) is 0 Å². The minimum absolute atomic E-state index is 0.0275. The van der Waals surface area contributed by atoms with E-state index in [-0.39, 0.29) is 6.10 Å². The molecule has 2 nitrogen and oxygen atoms in total. The summed E-state index contributed by atoms with van der Waals surface area (Å²) in [7, 11) is 0. The summed E-state index contributed by atoms with van der Waals surface area (Å²) < 4.78 is 0. The Hall–Kier alpha value is -0.0800. The number of unbranched alkanes of at least 4 members (excludes halogenated alkanes) is 2. The maximum atomic E-state index is 9.11. The van der Waals surface area contributed by atoms with E-state index in [1.54, 1.807) is 0 Å². The van der Waals surface area contributed by atoms with Crippen molar-refractivity contribution in [1.82, 2.24) is 5.32 Å². The fourth-order valence-electron chi connectivity index (χ4n) is 1.91. The summed E-state index contributed by atoms with van der Waals surface area (Å²) >= 11 is 0. The second-order valence-electron chi connectivity index (χ2n) is 4.39. The molecular weight excluding hydrogens is 162 g/mol. The van der Waals surface area contributed by atoms with Crippen LogP contribution in [-0.4, -0.2) is 23.3 Å². The van der Waals surface area contributed by atoms with E-state index in [1.807, 2.05) is 0 Å². The highest BCUT2D eigenvalue weighted by atomic mass is 16.3. The predicted molar refractivity (Wildman–Crippen MR) is 55.8 cm³/mol. The predicted octanol–water partition coefficient (Wildman–Crippen LogP) is 2.07. The van der Waals surface area contributed by atoms with E-state index in [0.717, 1.165) is 12.8 Å². The largest absolute Gasteiger partial charge is 0.393 e. The highest BCUT2D eigenvalue weighted by Crippen LogP contribution is 2.20. The first kappa shape index (κ1) is 11.0. The molecule has 2 heteroatoms. The Bertz CT molecular complexity index is 132. The molecule has 0 bridgehead atoms. The van der Waals surface area contributed by atoms with Crippen LogP contribution in [0.1, 0.15) is 52.4 Å². The molecule has 0 aromatic heterocycles. The van der Waals surface area contributed by atoms with Crippen LogP contribution in [-0.2, 0) is 0 Å². The molecule has 0 saturated heterocycles. The van der Waals surface area contributed by atoms with Crippen molar-refractivity contribution in [1.29, 1.82) is 0 Å². The highest BCUT2D eigenvalue weighted by molar-refractivity contribution is 4.86. The van der Waals surface area contributed by atoms with E-state index in [4.69, 9.17) is 5.11 Å². The van der Waals surface area contributed by atoms with Gasteiger partial charge in [0.2, 0.25) is 0 Å². The number of hydrogen-bond donors (Lipinski definition) is 2. The molecule has 1 aliphatic rings. The van der Waals surface area contributed by atoms with Crippen molar-refractivity contribution in [3.8, 4) is 0 Å². The maximum absolute atomic E-state index is 9.11. The average molecular weight is 185 g/mol. The molecule has 0 radical (unpaired) electrons. The average Bonchev–Trinajstić information content (AvgIpc) is 2.02. The third kappa shape index (κ3) is 4.10. The van der Waals surface area contributed by atoms with Gasteiger partial charge < -0.3 is 10.4 Å². The number of aliphatic hydroxyl groups is 1. The Morgan fingerprint density at radius 1 is 1.38 bits per heavy atom. The zero-order valence-corrected chi connectivity index (χ0v) is 8.92. The van der Waals surface area contributed by atoms with Gasteiger partial charge >= 0.3 is 0 Å². The summed E-state index contributed by atoms with van der Waals surface area (Å²) in [5.41, 5.74) is 0. The van der Waals surface area contributed by atoms with Crippen molar-refractivity contribution in [2.45, 2.75) is 70.6 Å². The molecule has 0 aromatic rings. The lowest BCUT2D eigenvalue weighted by Gasteiger charge is -2.34. The molecule has 1 saturated carbocycles. The Balaban J connectivity index is 1.95. The fourth-order valence-corrected chi connectivity index (χ4v) is 1.91. The second kappa shape index (κ2) is 5.61. The Kier molecular flexibility index (Phi) is 4.74. The topological polar surface area (TPSA) is 32.3 Å². The van der Waals surface area contributed by atoms with Gasteiger partial charge in [0.25, 0.3) is 0 Å². The minimum atomic E-state index is -0.0275. The van der Waals surface area contributed by atoms with Crippen LogP contribution < -0.4 is 5.32 Å². The summed E-state index contributed by atoms with van der Waals surface area (Å²) in [6, 6.07) is 1.22. The van der Waals surface area contributed by atoms with Gasteiger partial charge in [-0.15, -0.1) is 0 Å². The third-order valence-electron chi connectivity index (χ3n) is 2.87. The number of hydrogen-bond acceptors (Lipinski definition) is 2. The summed E-state index contributed by atoms with van der Waals surface area (Å²) in [5.74, 6) is 0. The third-order valence-corrected chi connectivity index (χ3v) is 2.87. The van der Waals surface area contributed by atoms with E-state index >= 15 is 0 Å². The molecule has 1 aliphatic carbocycles. The second-order valence-corrected chi connectivity index (χ2v) is 4.39. The normalized spacial score (nSPS) is 29.8. The standard InChI is InChI=1S/C11H23NO/c1-3-4-5-6-9(2)12-10-7-11(13)8-10/h9-13H,3-8H2,1-2H3. The smallest absolute Gasteiger partial charge is 0.0570 e. The van der Waals surface area contributed by atoms with Crippen molar-refractivity contribution in [3.05, 3.63) is 0 Å². The summed E-state index contributed by atoms with van der Waals surface area (Å²) in [6.45, 7) is 4.49. The Morgan fingerprint density at radius 2 is 2.08 bits per heavy atom. The Labute approximate surface area is 81.7 Å². The van der Waals surface area contributed by atoms with Gasteiger partial charge in [0.05, 0.1) is 6.10 Å². The van der Waals surface area contributed by atoms with Gasteiger partial charge in [-0.3, -0.25) is 0 Å². The van der Waals surface area contributed by atoms with Crippen LogP contribution in [0.2, 0.25) is 0 Å². The van der Waals surface area contributed by atoms with Crippen molar-refractivity contribution >= 4 is 0 Å². The lowest BCUT2D eigenvalue weighted by molar-refractivity contribution is 0.0581. The lowest BCUT2D eigenvalue weighted by atomic mass is 9.88. The van der Waals surface area contributed by atoms with Gasteiger partial charge in [-0.05, 0) is 26.2 Å². The summed E-state index contributed by atoms with van der Waals surface area (Å²) in [5, 5.41) is 12.7. The van der Waals surface area contributed by atoms with Crippen molar-refractivity contribution in [2.24, 2.45) is 0 Å². The van der Waals surface area contributed by atoms with Crippen LogP contribution in [0.4, 0.5) is 0 Å². The van der Waals surface area contributed by atoms with E-state index in [0.29, 0.717) is 12.1 Å². The number of nitrogens with one attached hydrogen (secondary N) is 1. The maximum Gasteiger partial charge on any atom is 0.0570 e. The molecule has 0 heterocycles. The molecule has 1 fully saturated rings. The zero-order chi connectivity index (χ0) is 9.68. The minimum Gasteiger partial charge on any atom is -0.393 e. The van der Waals surface area contributed by atoms with Gasteiger partial charge in [-0.1, -0.05) is 26.2 Å². The van der Waals surface area contributed by atoms with Gasteiger partial charge in [0.15, 0.2) is 0 Å². The first-order valence-electron chi connectivity index (χ1n) is 5.66. The molecule has 0 amide bonds. The zero-order valence-electron chi connectivity index (χ0n) is 8.92. The quantitative estimate of drug-likeness (QED) is 0.621. The molecule has 1 rings (SSSR count). The molecule has 2 N–H and O–H groups in total. The molecule has 0 spiro atoms. The van der Waals surface area contributed by atoms with Gasteiger partial charge in [0, 0.05) is 12.1 Å². The van der Waals surface area contributed by atoms with E-state index in [2.05, 4.69) is 19.2 Å². The van der Waals surface area contributed by atoms with Gasteiger partial charge in [-0.25, -0.2) is 0 Å². The molecular formula is C11H23NO. The van der Waals surface area contributed by atoms with Crippen LogP contribution >= 0.6 is 0 Å². The lowest BCUT2D eigenvalue weighted by Crippen LogP contribution is -2.47. The first-order chi connectivity index (χ1) is 6.22. The molecule has 1 unspecified atom stereocenters. The number of aliphatic hydroxyl groups excluding tert-OH is 1. The van der Waals surface area contributed by atoms with Crippen LogP contribution in [0.15, 0.2) is 0 Å². The number of rotatable bonds is 6. The summed E-state index contributed by atoms with van der Waals surface area (Å²) in [4.78, 5) is 0. The van der Waals surface area contributed by atoms with Crippen molar-refractivity contribution in [2.75, 3.05) is 0 Å². The summed E-state index contributed by atoms with van der Waals surface area (Å²) in [6.07, 6.45) is 7.14. The first-order valence-corrected chi connectivity index (χ1v) is 5.66. The van der Waals surface area contributed by atoms with Crippen molar-refractivity contribution in [3.63, 3.8) is 0 Å². The van der Waals surface area contributed by atoms with Crippen LogP contribution in [0.25, 0.3) is 0 Å². The highest BCUT2D eigenvalue weighted by Gasteiger charge is 2.27. The molecule has 78 valence electrons. The van der Waals surface area contributed by atoms with Crippen LogP contribution in [0.5, 0.6) is 0 Å². The van der Waals surface area contributed by atoms with E-state index < -0.39 is 0 Å². The van der Waals surface area contributed by atoms with Crippen molar-refractivity contribution < 1.29 is 5.11 Å². The fraction of sp³-hybridized carbons (Fsp3) is 1.00. The van der Waals surface area contributed by atoms with Gasteiger partial charge in [0.1, 0.15) is 0 Å². The SMILES string of the molecule is CCCCCC(C)NC1CC(O)C1. The van der Waals surface area contributed by atoms with E-state index in [1.165, 1.54) is 25.7 Å². The monoisotopic (exact) mass is 185 g/mol. The van der Waals surface area contributed by atoms with Crippen LogP contribution in [0.3, 0.4) is 0 Å². The molecule has 0 aliphatic heterocycles. The Morgan fingerprint density at radius 3 is 2.62 bits per heavy atom. The molecule has 1 atom stereocenters. The van der Waals surface area contributed by atoms with Crippen LogP contribution in [0, 0.1) is 0 Å². The molecule has 13 heavy (non-hydrogen) atoms. The molecule has 0 aromatic carbocycles.